The van der Waals surface area contributed by atoms with Crippen LogP contribution in [0, 0.1) is 5.92 Å². The second-order valence-corrected chi connectivity index (χ2v) is 9.61. The number of esters is 1. The molecule has 0 aromatic heterocycles. The van der Waals surface area contributed by atoms with Crippen LogP contribution in [0.5, 0.6) is 5.75 Å². The van der Waals surface area contributed by atoms with Gasteiger partial charge in [-0.15, -0.1) is 0 Å². The molecule has 0 N–H and O–H groups in total. The fraction of sp³-hybridized carbons (Fsp3) is 0.516. The number of rotatable bonds is 13. The van der Waals surface area contributed by atoms with Gasteiger partial charge in [0.05, 0.1) is 0 Å². The molecule has 178 valence electrons. The maximum Gasteiger partial charge on any atom is 0.311 e. The van der Waals surface area contributed by atoms with Crippen molar-refractivity contribution >= 4 is 11.5 Å². The van der Waals surface area contributed by atoms with E-state index in [-0.39, 0.29) is 5.97 Å². The summed E-state index contributed by atoms with van der Waals surface area (Å²) in [5.74, 6) is 1.39. The summed E-state index contributed by atoms with van der Waals surface area (Å²) in [4.78, 5) is 12.1. The summed E-state index contributed by atoms with van der Waals surface area (Å²) in [5.41, 5.74) is 5.20. The smallest absolute Gasteiger partial charge is 0.311 e. The second kappa shape index (κ2) is 14.0. The largest absolute Gasteiger partial charge is 0.427 e. The van der Waals surface area contributed by atoms with Crippen molar-refractivity contribution in [3.8, 4) is 16.9 Å². The lowest BCUT2D eigenvalue weighted by Gasteiger charge is -2.22. The Morgan fingerprint density at radius 3 is 2.03 bits per heavy atom. The van der Waals surface area contributed by atoms with Crippen LogP contribution >= 0.6 is 0 Å². The van der Waals surface area contributed by atoms with Gasteiger partial charge in [-0.3, -0.25) is 4.79 Å². The van der Waals surface area contributed by atoms with Crippen molar-refractivity contribution in [1.29, 1.82) is 0 Å². The van der Waals surface area contributed by atoms with Crippen LogP contribution in [0.1, 0.15) is 103 Å². The number of hydrogen-bond acceptors (Lipinski definition) is 2. The summed E-state index contributed by atoms with van der Waals surface area (Å²) in [6.07, 6.45) is 17.8. The Bertz CT molecular complexity index is 861. The van der Waals surface area contributed by atoms with E-state index < -0.39 is 0 Å². The van der Waals surface area contributed by atoms with E-state index in [1.54, 1.807) is 0 Å². The molecule has 2 aromatic rings. The molecule has 0 spiro atoms. The Morgan fingerprint density at radius 2 is 1.39 bits per heavy atom. The SMILES string of the molecule is CCCCCCCCC(=O)Oc1ccc(-c2ccc(C3=CCC(CCCC)CC3)cc2)cc1. The third-order valence-corrected chi connectivity index (χ3v) is 6.89. The van der Waals surface area contributed by atoms with E-state index in [2.05, 4.69) is 44.2 Å². The summed E-state index contributed by atoms with van der Waals surface area (Å²) >= 11 is 0. The third-order valence-electron chi connectivity index (χ3n) is 6.89. The summed E-state index contributed by atoms with van der Waals surface area (Å²) < 4.78 is 5.52. The lowest BCUT2D eigenvalue weighted by atomic mass is 9.84. The van der Waals surface area contributed by atoms with Gasteiger partial charge in [0, 0.05) is 6.42 Å². The van der Waals surface area contributed by atoms with E-state index in [0.29, 0.717) is 12.2 Å². The Hall–Kier alpha value is -2.35. The van der Waals surface area contributed by atoms with Crippen molar-refractivity contribution in [2.45, 2.75) is 97.3 Å². The highest BCUT2D eigenvalue weighted by atomic mass is 16.5. The van der Waals surface area contributed by atoms with Gasteiger partial charge in [0.25, 0.3) is 0 Å². The molecule has 33 heavy (non-hydrogen) atoms. The molecule has 0 saturated heterocycles. The van der Waals surface area contributed by atoms with Crippen LogP contribution < -0.4 is 4.74 Å². The summed E-state index contributed by atoms with van der Waals surface area (Å²) in [7, 11) is 0. The fourth-order valence-corrected chi connectivity index (χ4v) is 4.73. The Kier molecular flexibility index (Phi) is 10.7. The monoisotopic (exact) mass is 446 g/mol. The van der Waals surface area contributed by atoms with Gasteiger partial charge in [0.15, 0.2) is 0 Å². The Morgan fingerprint density at radius 1 is 0.788 bits per heavy atom. The van der Waals surface area contributed by atoms with Gasteiger partial charge in [-0.1, -0.05) is 108 Å². The number of benzene rings is 2. The second-order valence-electron chi connectivity index (χ2n) is 9.61. The molecule has 0 bridgehead atoms. The molecule has 1 aliphatic carbocycles. The van der Waals surface area contributed by atoms with Crippen molar-refractivity contribution < 1.29 is 9.53 Å². The van der Waals surface area contributed by atoms with E-state index in [9.17, 15) is 4.79 Å². The first-order valence-electron chi connectivity index (χ1n) is 13.3. The van der Waals surface area contributed by atoms with Gasteiger partial charge in [-0.25, -0.2) is 0 Å². The molecule has 1 aliphatic rings. The summed E-state index contributed by atoms with van der Waals surface area (Å²) in [6, 6.07) is 16.8. The van der Waals surface area contributed by atoms with Gasteiger partial charge in [0.1, 0.15) is 5.75 Å². The Labute approximate surface area is 201 Å². The number of allylic oxidation sites excluding steroid dienone is 2. The average molecular weight is 447 g/mol. The van der Waals surface area contributed by atoms with Crippen LogP contribution in [0.25, 0.3) is 16.7 Å². The number of hydrogen-bond donors (Lipinski definition) is 0. The predicted octanol–water partition coefficient (Wildman–Crippen LogP) is 9.38. The number of carbonyl (C=O) groups is 1. The van der Waals surface area contributed by atoms with Gasteiger partial charge in [0.2, 0.25) is 0 Å². The average Bonchev–Trinajstić information content (AvgIpc) is 2.86. The van der Waals surface area contributed by atoms with Gasteiger partial charge >= 0.3 is 5.97 Å². The molecule has 0 fully saturated rings. The molecule has 0 heterocycles. The van der Waals surface area contributed by atoms with Crippen LogP contribution in [0.3, 0.4) is 0 Å². The van der Waals surface area contributed by atoms with Crippen LogP contribution in [0.2, 0.25) is 0 Å². The first-order valence-corrected chi connectivity index (χ1v) is 13.3. The molecule has 2 nitrogen and oxygen atoms in total. The van der Waals surface area contributed by atoms with Crippen LogP contribution in [-0.2, 0) is 4.79 Å². The molecule has 2 aromatic carbocycles. The van der Waals surface area contributed by atoms with Crippen molar-refractivity contribution in [2.75, 3.05) is 0 Å². The lowest BCUT2D eigenvalue weighted by Crippen LogP contribution is -2.07. The van der Waals surface area contributed by atoms with Gasteiger partial charge < -0.3 is 4.74 Å². The standard InChI is InChI=1S/C31H42O2/c1-3-5-7-8-9-10-12-31(32)33-30-23-21-29(22-24-30)28-19-17-27(18-20-28)26-15-13-25(14-16-26)11-6-4-2/h15,17-25H,3-14,16H2,1-2H3. The molecule has 1 unspecified atom stereocenters. The quantitative estimate of drug-likeness (QED) is 0.174. The highest BCUT2D eigenvalue weighted by molar-refractivity contribution is 5.74. The van der Waals surface area contributed by atoms with Crippen molar-refractivity contribution in [3.63, 3.8) is 0 Å². The van der Waals surface area contributed by atoms with Gasteiger partial charge in [-0.2, -0.15) is 0 Å². The first-order chi connectivity index (χ1) is 16.2. The van der Waals surface area contributed by atoms with Crippen LogP contribution in [0.15, 0.2) is 54.6 Å². The molecule has 0 aliphatic heterocycles. The molecule has 3 rings (SSSR count). The zero-order chi connectivity index (χ0) is 23.3. The Balaban J connectivity index is 1.47. The van der Waals surface area contributed by atoms with Crippen molar-refractivity contribution in [2.24, 2.45) is 5.92 Å². The fourth-order valence-electron chi connectivity index (χ4n) is 4.73. The molecule has 0 saturated carbocycles. The topological polar surface area (TPSA) is 26.3 Å². The maximum absolute atomic E-state index is 12.1. The highest BCUT2D eigenvalue weighted by Crippen LogP contribution is 2.33. The number of carbonyl (C=O) groups excluding carboxylic acids is 1. The van der Waals surface area contributed by atoms with E-state index in [1.165, 1.54) is 80.9 Å². The molecule has 0 radical (unpaired) electrons. The first kappa shape index (κ1) is 25.3. The van der Waals surface area contributed by atoms with Crippen LogP contribution in [-0.4, -0.2) is 5.97 Å². The van der Waals surface area contributed by atoms with E-state index >= 15 is 0 Å². The van der Waals surface area contributed by atoms with Crippen molar-refractivity contribution in [1.82, 2.24) is 0 Å². The summed E-state index contributed by atoms with van der Waals surface area (Å²) in [5, 5.41) is 0. The molecular weight excluding hydrogens is 404 g/mol. The van der Waals surface area contributed by atoms with E-state index in [4.69, 9.17) is 4.74 Å². The number of unbranched alkanes of at least 4 members (excludes halogenated alkanes) is 6. The maximum atomic E-state index is 12.1. The molecule has 1 atom stereocenters. The molecule has 2 heteroatoms. The summed E-state index contributed by atoms with van der Waals surface area (Å²) in [6.45, 7) is 4.50. The minimum Gasteiger partial charge on any atom is -0.427 e. The van der Waals surface area contributed by atoms with Gasteiger partial charge in [-0.05, 0) is 66.0 Å². The minimum atomic E-state index is -0.125. The lowest BCUT2D eigenvalue weighted by molar-refractivity contribution is -0.134. The van der Waals surface area contributed by atoms with Crippen molar-refractivity contribution in [3.05, 3.63) is 60.2 Å². The normalized spacial score (nSPS) is 15.8. The highest BCUT2D eigenvalue weighted by Gasteiger charge is 2.15. The molecule has 0 amide bonds. The molecular formula is C31H42O2. The van der Waals surface area contributed by atoms with E-state index in [1.807, 2.05) is 24.3 Å². The van der Waals surface area contributed by atoms with E-state index in [0.717, 1.165) is 24.3 Å². The zero-order valence-electron chi connectivity index (χ0n) is 20.8. The predicted molar refractivity (Wildman–Crippen MR) is 140 cm³/mol. The van der Waals surface area contributed by atoms with Crippen LogP contribution in [0.4, 0.5) is 0 Å². The minimum absolute atomic E-state index is 0.125. The third kappa shape index (κ3) is 8.50. The number of ether oxygens (including phenoxy) is 1. The zero-order valence-corrected chi connectivity index (χ0v) is 20.8.